The van der Waals surface area contributed by atoms with Crippen molar-refractivity contribution in [3.8, 4) is 11.5 Å². The van der Waals surface area contributed by atoms with Gasteiger partial charge in [-0.1, -0.05) is 44.2 Å². The van der Waals surface area contributed by atoms with Crippen molar-refractivity contribution in [2.75, 3.05) is 6.61 Å². The van der Waals surface area contributed by atoms with E-state index in [1.165, 1.54) is 6.07 Å². The lowest BCUT2D eigenvalue weighted by Gasteiger charge is -2.14. The van der Waals surface area contributed by atoms with Gasteiger partial charge < -0.3 is 19.0 Å². The molecule has 0 spiro atoms. The first-order valence-corrected chi connectivity index (χ1v) is 9.01. The fraction of sp³-hybridized carbons (Fsp3) is 0.273. The molecule has 0 radical (unpaired) electrons. The van der Waals surface area contributed by atoms with Crippen LogP contribution in [0.1, 0.15) is 35.3 Å². The molecule has 0 saturated heterocycles. The molecular formula is C22H22O6. The van der Waals surface area contributed by atoms with Crippen LogP contribution in [-0.2, 0) is 11.3 Å². The zero-order valence-corrected chi connectivity index (χ0v) is 16.0. The van der Waals surface area contributed by atoms with Gasteiger partial charge in [0.2, 0.25) is 0 Å². The molecule has 0 aliphatic carbocycles. The maximum Gasteiger partial charge on any atom is 0.354 e. The molecule has 0 fully saturated rings. The number of carbonyl (C=O) groups excluding carboxylic acids is 1. The van der Waals surface area contributed by atoms with E-state index in [9.17, 15) is 14.7 Å². The summed E-state index contributed by atoms with van der Waals surface area (Å²) in [6.45, 7) is 5.75. The molecule has 0 aliphatic rings. The minimum atomic E-state index is -0.863. The Morgan fingerprint density at radius 2 is 1.86 bits per heavy atom. The predicted octanol–water partition coefficient (Wildman–Crippen LogP) is 4.20. The van der Waals surface area contributed by atoms with Gasteiger partial charge in [-0.2, -0.15) is 0 Å². The highest BCUT2D eigenvalue weighted by molar-refractivity contribution is 5.99. The van der Waals surface area contributed by atoms with Crippen LogP contribution in [0.25, 0.3) is 11.0 Å². The second kappa shape index (κ2) is 8.17. The van der Waals surface area contributed by atoms with Gasteiger partial charge in [-0.05, 0) is 30.5 Å². The molecule has 1 N–H and O–H groups in total. The number of phenolic OH excluding ortho intramolecular Hbond substituents is 1. The van der Waals surface area contributed by atoms with Crippen molar-refractivity contribution in [1.82, 2.24) is 0 Å². The van der Waals surface area contributed by atoms with Crippen molar-refractivity contribution in [1.29, 1.82) is 0 Å². The number of carbonyl (C=O) groups is 1. The van der Waals surface area contributed by atoms with Crippen LogP contribution in [0.5, 0.6) is 11.5 Å². The quantitative estimate of drug-likeness (QED) is 0.508. The monoisotopic (exact) mass is 382 g/mol. The number of benzene rings is 2. The summed E-state index contributed by atoms with van der Waals surface area (Å²) in [6.07, 6.45) is 0. The lowest BCUT2D eigenvalue weighted by Crippen LogP contribution is -2.20. The third-order valence-corrected chi connectivity index (χ3v) is 4.23. The minimum Gasteiger partial charge on any atom is -0.508 e. The maximum atomic E-state index is 12.6. The molecule has 0 amide bonds. The SMILES string of the molecule is Cc1c(O)ccc2c(OCc3ccccc3)c(C(=O)OCC(C)C)c(=O)oc12. The number of esters is 1. The summed E-state index contributed by atoms with van der Waals surface area (Å²) < 4.78 is 16.5. The Morgan fingerprint density at radius 1 is 1.14 bits per heavy atom. The topological polar surface area (TPSA) is 86.0 Å². The Morgan fingerprint density at radius 3 is 2.54 bits per heavy atom. The Hall–Kier alpha value is -3.28. The van der Waals surface area contributed by atoms with Crippen LogP contribution < -0.4 is 10.4 Å². The average Bonchev–Trinajstić information content (AvgIpc) is 2.68. The highest BCUT2D eigenvalue weighted by Gasteiger charge is 2.25. The molecule has 0 unspecified atom stereocenters. The van der Waals surface area contributed by atoms with E-state index in [-0.39, 0.29) is 41.8 Å². The average molecular weight is 382 g/mol. The molecule has 1 heterocycles. The summed E-state index contributed by atoms with van der Waals surface area (Å²) >= 11 is 0. The largest absolute Gasteiger partial charge is 0.508 e. The van der Waals surface area contributed by atoms with Gasteiger partial charge in [0.05, 0.1) is 12.0 Å². The Kier molecular flexibility index (Phi) is 5.68. The highest BCUT2D eigenvalue weighted by Crippen LogP contribution is 2.34. The van der Waals surface area contributed by atoms with Crippen LogP contribution in [0.15, 0.2) is 51.7 Å². The smallest absolute Gasteiger partial charge is 0.354 e. The van der Waals surface area contributed by atoms with Gasteiger partial charge in [0.15, 0.2) is 11.3 Å². The van der Waals surface area contributed by atoms with E-state index in [1.807, 2.05) is 44.2 Å². The molecule has 3 rings (SSSR count). The van der Waals surface area contributed by atoms with Crippen molar-refractivity contribution in [3.63, 3.8) is 0 Å². The van der Waals surface area contributed by atoms with Gasteiger partial charge in [0.1, 0.15) is 17.9 Å². The summed E-state index contributed by atoms with van der Waals surface area (Å²) in [6, 6.07) is 12.4. The van der Waals surface area contributed by atoms with E-state index in [4.69, 9.17) is 13.9 Å². The summed E-state index contributed by atoms with van der Waals surface area (Å²) in [5, 5.41) is 10.4. The molecule has 0 aliphatic heterocycles. The Balaban J connectivity index is 2.11. The summed E-state index contributed by atoms with van der Waals surface area (Å²) in [7, 11) is 0. The van der Waals surface area contributed by atoms with Crippen molar-refractivity contribution in [3.05, 3.63) is 69.6 Å². The first-order chi connectivity index (χ1) is 13.4. The van der Waals surface area contributed by atoms with Gasteiger partial charge in [-0.25, -0.2) is 9.59 Å². The second-order valence-electron chi connectivity index (χ2n) is 6.95. The number of aryl methyl sites for hydroxylation is 1. The summed E-state index contributed by atoms with van der Waals surface area (Å²) in [4.78, 5) is 25.2. The maximum absolute atomic E-state index is 12.6. The molecule has 2 aromatic carbocycles. The minimum absolute atomic E-state index is 0.0141. The van der Waals surface area contributed by atoms with Crippen molar-refractivity contribution >= 4 is 16.9 Å². The normalized spacial score (nSPS) is 11.0. The van der Waals surface area contributed by atoms with Crippen LogP contribution in [-0.4, -0.2) is 17.7 Å². The molecule has 0 atom stereocenters. The van der Waals surface area contributed by atoms with E-state index in [2.05, 4.69) is 0 Å². The molecule has 6 nitrogen and oxygen atoms in total. The zero-order valence-electron chi connectivity index (χ0n) is 16.0. The molecule has 0 saturated carbocycles. The van der Waals surface area contributed by atoms with Crippen molar-refractivity contribution in [2.45, 2.75) is 27.4 Å². The number of hydrogen-bond donors (Lipinski definition) is 1. The molecular weight excluding hydrogens is 360 g/mol. The molecule has 146 valence electrons. The lowest BCUT2D eigenvalue weighted by atomic mass is 10.1. The van der Waals surface area contributed by atoms with E-state index in [1.54, 1.807) is 13.0 Å². The molecule has 0 bridgehead atoms. The molecule has 6 heteroatoms. The van der Waals surface area contributed by atoms with Crippen molar-refractivity contribution < 1.29 is 23.8 Å². The summed E-state index contributed by atoms with van der Waals surface area (Å²) in [5.41, 5.74) is 0.294. The lowest BCUT2D eigenvalue weighted by molar-refractivity contribution is 0.0449. The number of rotatable bonds is 6. The third-order valence-electron chi connectivity index (χ3n) is 4.23. The van der Waals surface area contributed by atoms with Crippen LogP contribution in [0.2, 0.25) is 0 Å². The highest BCUT2D eigenvalue weighted by atomic mass is 16.5. The number of ether oxygens (including phenoxy) is 2. The number of phenols is 1. The van der Waals surface area contributed by atoms with Gasteiger partial charge in [-0.3, -0.25) is 0 Å². The van der Waals surface area contributed by atoms with Gasteiger partial charge in [0.25, 0.3) is 0 Å². The Bertz CT molecular complexity index is 1050. The second-order valence-corrected chi connectivity index (χ2v) is 6.95. The number of hydrogen-bond acceptors (Lipinski definition) is 6. The van der Waals surface area contributed by atoms with E-state index in [0.717, 1.165) is 5.56 Å². The number of aromatic hydroxyl groups is 1. The van der Waals surface area contributed by atoms with Gasteiger partial charge in [-0.15, -0.1) is 0 Å². The van der Waals surface area contributed by atoms with Gasteiger partial charge in [0, 0.05) is 5.56 Å². The first kappa shape index (κ1) is 19.5. The molecule has 1 aromatic heterocycles. The third kappa shape index (κ3) is 4.01. The first-order valence-electron chi connectivity index (χ1n) is 9.01. The van der Waals surface area contributed by atoms with Crippen molar-refractivity contribution in [2.24, 2.45) is 5.92 Å². The molecule has 3 aromatic rings. The fourth-order valence-corrected chi connectivity index (χ4v) is 2.73. The van der Waals surface area contributed by atoms with Crippen LogP contribution >= 0.6 is 0 Å². The van der Waals surface area contributed by atoms with Crippen LogP contribution in [0, 0.1) is 12.8 Å². The zero-order chi connectivity index (χ0) is 20.3. The van der Waals surface area contributed by atoms with E-state index < -0.39 is 11.6 Å². The molecule has 28 heavy (non-hydrogen) atoms. The van der Waals surface area contributed by atoms with Crippen LogP contribution in [0.4, 0.5) is 0 Å². The predicted molar refractivity (Wildman–Crippen MR) is 105 cm³/mol. The van der Waals surface area contributed by atoms with Gasteiger partial charge >= 0.3 is 11.6 Å². The standard InChI is InChI=1S/C22H22O6/c1-13(2)11-27-21(24)18-20(26-12-15-7-5-4-6-8-15)16-9-10-17(23)14(3)19(16)28-22(18)25/h4-10,13,23H,11-12H2,1-3H3. The van der Waals surface area contributed by atoms with Crippen LogP contribution in [0.3, 0.4) is 0 Å². The van der Waals surface area contributed by atoms with E-state index >= 15 is 0 Å². The summed E-state index contributed by atoms with van der Waals surface area (Å²) in [5.74, 6) is -0.603. The Labute approximate surface area is 162 Å². The van der Waals surface area contributed by atoms with E-state index in [0.29, 0.717) is 10.9 Å². The number of fused-ring (bicyclic) bond motifs is 1. The fourth-order valence-electron chi connectivity index (χ4n) is 2.73.